The molecule has 49 heavy (non-hydrogen) atoms. The standard InChI is InChI=1S/C39H43N3O7/c1-4-6-16-32(44)40-23-31(27-13-8-7-9-14-27)48-38(47)33-30-19-20-39(49-30)34(33)36(45)42(25(3)24-43)35(39)37(46)41(21-5-2)29-18-17-26-12-10-11-15-28(26)22-29/h4-5,7-15,17-18,22,25,30-31,33-35,43H,1-2,6,16,19-21,23-24H2,3H3,(H,40,44)/t25-,30+,31+,33-,34-,35+,39-/m1/s1. The first-order valence-electron chi connectivity index (χ1n) is 16.9. The summed E-state index contributed by atoms with van der Waals surface area (Å²) in [6.45, 7) is 9.07. The van der Waals surface area contributed by atoms with Crippen molar-refractivity contribution in [3.05, 3.63) is 104 Å². The summed E-state index contributed by atoms with van der Waals surface area (Å²) in [6, 6.07) is 20.9. The molecule has 2 N–H and O–H groups in total. The van der Waals surface area contributed by atoms with Crippen molar-refractivity contribution in [3.8, 4) is 0 Å². The van der Waals surface area contributed by atoms with Gasteiger partial charge in [-0.2, -0.15) is 0 Å². The van der Waals surface area contributed by atoms with E-state index in [1.807, 2.05) is 72.8 Å². The van der Waals surface area contributed by atoms with Crippen LogP contribution in [0.2, 0.25) is 0 Å². The molecular formula is C39H43N3O7. The average molecular weight is 666 g/mol. The van der Waals surface area contributed by atoms with Gasteiger partial charge in [-0.3, -0.25) is 19.2 Å². The van der Waals surface area contributed by atoms with Crippen LogP contribution in [0.3, 0.4) is 0 Å². The zero-order chi connectivity index (χ0) is 34.7. The van der Waals surface area contributed by atoms with Gasteiger partial charge in [-0.25, -0.2) is 0 Å². The van der Waals surface area contributed by atoms with E-state index >= 15 is 0 Å². The lowest BCUT2D eigenvalue weighted by molar-refractivity contribution is -0.161. The molecule has 3 amide bonds. The molecule has 3 saturated heterocycles. The van der Waals surface area contributed by atoms with Crippen LogP contribution < -0.4 is 10.2 Å². The highest BCUT2D eigenvalue weighted by Gasteiger charge is 2.75. The van der Waals surface area contributed by atoms with E-state index in [4.69, 9.17) is 9.47 Å². The summed E-state index contributed by atoms with van der Waals surface area (Å²) < 4.78 is 12.7. The largest absolute Gasteiger partial charge is 0.455 e. The van der Waals surface area contributed by atoms with Gasteiger partial charge in [-0.05, 0) is 54.7 Å². The monoisotopic (exact) mass is 665 g/mol. The molecule has 0 aromatic heterocycles. The van der Waals surface area contributed by atoms with E-state index in [1.54, 1.807) is 24.0 Å². The third-order valence-corrected chi connectivity index (χ3v) is 10.1. The van der Waals surface area contributed by atoms with E-state index in [0.717, 1.165) is 10.8 Å². The molecule has 0 saturated carbocycles. The third-order valence-electron chi connectivity index (χ3n) is 10.1. The first-order chi connectivity index (χ1) is 23.7. The van der Waals surface area contributed by atoms with E-state index in [2.05, 4.69) is 18.5 Å². The minimum atomic E-state index is -1.29. The van der Waals surface area contributed by atoms with Gasteiger partial charge in [-0.15, -0.1) is 13.2 Å². The highest BCUT2D eigenvalue weighted by Crippen LogP contribution is 2.59. The number of nitrogens with zero attached hydrogens (tertiary/aromatic N) is 2. The van der Waals surface area contributed by atoms with Crippen molar-refractivity contribution >= 4 is 40.2 Å². The van der Waals surface area contributed by atoms with Crippen LogP contribution in [0.25, 0.3) is 10.8 Å². The summed E-state index contributed by atoms with van der Waals surface area (Å²) in [6.07, 6.45) is 3.48. The Morgan fingerprint density at radius 2 is 1.82 bits per heavy atom. The van der Waals surface area contributed by atoms with Crippen molar-refractivity contribution in [1.29, 1.82) is 0 Å². The molecule has 3 aromatic rings. The number of esters is 1. The van der Waals surface area contributed by atoms with Crippen LogP contribution in [0.4, 0.5) is 5.69 Å². The van der Waals surface area contributed by atoms with Crippen LogP contribution in [-0.4, -0.2) is 77.2 Å². The molecule has 7 atom stereocenters. The molecule has 0 aliphatic carbocycles. The molecule has 256 valence electrons. The average Bonchev–Trinajstić information content (AvgIpc) is 3.78. The molecule has 0 unspecified atom stereocenters. The number of carbonyl (C=O) groups is 4. The van der Waals surface area contributed by atoms with Gasteiger partial charge in [0.2, 0.25) is 11.8 Å². The molecule has 10 nitrogen and oxygen atoms in total. The topological polar surface area (TPSA) is 125 Å². The maximum absolute atomic E-state index is 14.8. The Kier molecular flexibility index (Phi) is 9.99. The normalized spacial score (nSPS) is 25.0. The fraction of sp³-hybridized carbons (Fsp3) is 0.385. The number of hydrogen-bond acceptors (Lipinski definition) is 7. The van der Waals surface area contributed by atoms with Gasteiger partial charge in [0, 0.05) is 18.7 Å². The molecule has 10 heteroatoms. The summed E-state index contributed by atoms with van der Waals surface area (Å²) in [4.78, 5) is 58.9. The minimum absolute atomic E-state index is 0.0464. The Bertz CT molecular complexity index is 1740. The van der Waals surface area contributed by atoms with Gasteiger partial charge in [0.05, 0.1) is 37.1 Å². The van der Waals surface area contributed by atoms with Gasteiger partial charge < -0.3 is 29.7 Å². The van der Waals surface area contributed by atoms with Crippen molar-refractivity contribution in [1.82, 2.24) is 10.2 Å². The highest BCUT2D eigenvalue weighted by atomic mass is 16.6. The van der Waals surface area contributed by atoms with E-state index < -0.39 is 53.6 Å². The van der Waals surface area contributed by atoms with E-state index in [-0.39, 0.29) is 37.9 Å². The summed E-state index contributed by atoms with van der Waals surface area (Å²) in [7, 11) is 0. The Hall–Kier alpha value is -4.80. The highest BCUT2D eigenvalue weighted by molar-refractivity contribution is 6.05. The predicted molar refractivity (Wildman–Crippen MR) is 185 cm³/mol. The molecule has 3 fully saturated rings. The van der Waals surface area contributed by atoms with Gasteiger partial charge in [0.1, 0.15) is 17.7 Å². The Morgan fingerprint density at radius 1 is 1.08 bits per heavy atom. The quantitative estimate of drug-likeness (QED) is 0.192. The van der Waals surface area contributed by atoms with Crippen molar-refractivity contribution in [2.75, 3.05) is 24.6 Å². The summed E-state index contributed by atoms with van der Waals surface area (Å²) >= 11 is 0. The number of ether oxygens (including phenoxy) is 2. The summed E-state index contributed by atoms with van der Waals surface area (Å²) in [5.74, 6) is -3.57. The number of carbonyl (C=O) groups excluding carboxylic acids is 4. The predicted octanol–water partition coefficient (Wildman–Crippen LogP) is 4.48. The molecule has 3 aliphatic rings. The number of benzene rings is 3. The number of aliphatic hydroxyl groups is 1. The molecule has 0 radical (unpaired) electrons. The number of rotatable bonds is 14. The van der Waals surface area contributed by atoms with Crippen LogP contribution in [0.5, 0.6) is 0 Å². The number of likely N-dealkylation sites (tertiary alicyclic amines) is 1. The maximum atomic E-state index is 14.8. The first-order valence-corrected chi connectivity index (χ1v) is 16.9. The molecule has 1 spiro atoms. The lowest BCUT2D eigenvalue weighted by Crippen LogP contribution is -2.58. The van der Waals surface area contributed by atoms with E-state index in [0.29, 0.717) is 30.5 Å². The van der Waals surface area contributed by atoms with Crippen LogP contribution in [0, 0.1) is 11.8 Å². The summed E-state index contributed by atoms with van der Waals surface area (Å²) in [5, 5.41) is 15.1. The Morgan fingerprint density at radius 3 is 2.53 bits per heavy atom. The molecule has 3 heterocycles. The van der Waals surface area contributed by atoms with Crippen LogP contribution in [-0.2, 0) is 28.7 Å². The molecule has 2 bridgehead atoms. The fourth-order valence-corrected chi connectivity index (χ4v) is 7.79. The number of hydrogen-bond donors (Lipinski definition) is 2. The number of allylic oxidation sites excluding steroid dienone is 1. The number of fused-ring (bicyclic) bond motifs is 2. The maximum Gasteiger partial charge on any atom is 0.313 e. The molecule has 3 aromatic carbocycles. The second-order valence-electron chi connectivity index (χ2n) is 13.1. The number of aliphatic hydroxyl groups excluding tert-OH is 1. The Balaban J connectivity index is 1.32. The minimum Gasteiger partial charge on any atom is -0.455 e. The third kappa shape index (κ3) is 6.26. The number of nitrogens with one attached hydrogen (secondary N) is 1. The fourth-order valence-electron chi connectivity index (χ4n) is 7.79. The number of anilines is 1. The Labute approximate surface area is 286 Å². The van der Waals surface area contributed by atoms with Crippen molar-refractivity contribution < 1.29 is 33.8 Å². The van der Waals surface area contributed by atoms with Crippen molar-refractivity contribution in [3.63, 3.8) is 0 Å². The zero-order valence-electron chi connectivity index (χ0n) is 27.7. The molecular weight excluding hydrogens is 622 g/mol. The number of amides is 3. The van der Waals surface area contributed by atoms with E-state index in [9.17, 15) is 24.3 Å². The van der Waals surface area contributed by atoms with Gasteiger partial charge >= 0.3 is 5.97 Å². The molecule has 3 aliphatic heterocycles. The van der Waals surface area contributed by atoms with Crippen LogP contribution in [0.15, 0.2) is 98.1 Å². The lowest BCUT2D eigenvalue weighted by atomic mass is 9.70. The summed E-state index contributed by atoms with van der Waals surface area (Å²) in [5.41, 5.74) is 0.0379. The smallest absolute Gasteiger partial charge is 0.313 e. The molecule has 6 rings (SSSR count). The van der Waals surface area contributed by atoms with Gasteiger partial charge in [-0.1, -0.05) is 72.8 Å². The van der Waals surface area contributed by atoms with Gasteiger partial charge in [0.25, 0.3) is 5.91 Å². The van der Waals surface area contributed by atoms with Gasteiger partial charge in [0.15, 0.2) is 0 Å². The zero-order valence-corrected chi connectivity index (χ0v) is 27.7. The first kappa shape index (κ1) is 34.1. The second-order valence-corrected chi connectivity index (χ2v) is 13.1. The van der Waals surface area contributed by atoms with E-state index in [1.165, 1.54) is 4.90 Å². The van der Waals surface area contributed by atoms with Crippen molar-refractivity contribution in [2.45, 2.75) is 62.5 Å². The second kappa shape index (κ2) is 14.4. The van der Waals surface area contributed by atoms with Crippen LogP contribution in [0.1, 0.15) is 44.3 Å². The lowest BCUT2D eigenvalue weighted by Gasteiger charge is -2.38. The van der Waals surface area contributed by atoms with Crippen molar-refractivity contribution in [2.24, 2.45) is 11.8 Å². The van der Waals surface area contributed by atoms with Crippen LogP contribution >= 0.6 is 0 Å². The SMILES string of the molecule is C=CCCC(=O)NC[C@H](OC(=O)[C@@H]1[C@@H]2CC[C@]3(O2)[C@H](C(=O)N(CC=C)c2ccc4ccccc4c2)N([C@H](C)CO)C(=O)[C@@H]13)c1ccccc1.